The minimum Gasteiger partial charge on any atom is -0.330 e. The van der Waals surface area contributed by atoms with E-state index in [-0.39, 0.29) is 4.90 Å². The van der Waals surface area contributed by atoms with Crippen molar-refractivity contribution in [3.05, 3.63) is 59.7 Å². The molecule has 1 aromatic heterocycles. The Labute approximate surface area is 130 Å². The zero-order valence-electron chi connectivity index (χ0n) is 12.8. The van der Waals surface area contributed by atoms with Gasteiger partial charge in [-0.1, -0.05) is 35.9 Å². The zero-order valence-corrected chi connectivity index (χ0v) is 13.6. The summed E-state index contributed by atoms with van der Waals surface area (Å²) in [7, 11) is -1.73. The number of fused-ring (bicyclic) bond motifs is 1. The van der Waals surface area contributed by atoms with Gasteiger partial charge < -0.3 is 4.57 Å². The molecule has 0 radical (unpaired) electrons. The average Bonchev–Trinajstić information content (AvgIpc) is 2.73. The van der Waals surface area contributed by atoms with Gasteiger partial charge in [0.1, 0.15) is 5.82 Å². The molecule has 0 unspecified atom stereocenters. The predicted octanol–water partition coefficient (Wildman–Crippen LogP) is 3.60. The monoisotopic (exact) mass is 314 g/mol. The molecule has 114 valence electrons. The predicted molar refractivity (Wildman–Crippen MR) is 89.6 cm³/mol. The SMILES string of the molecule is Cc1ccc(S(=O)(=O)Nc2c(C)c3ccccc3n2C)cc1. The largest absolute Gasteiger partial charge is 0.330 e. The molecule has 3 rings (SSSR count). The molecule has 0 atom stereocenters. The van der Waals surface area contributed by atoms with Crippen LogP contribution in [0.4, 0.5) is 5.82 Å². The van der Waals surface area contributed by atoms with Crippen LogP contribution < -0.4 is 4.72 Å². The van der Waals surface area contributed by atoms with Crippen LogP contribution in [-0.4, -0.2) is 13.0 Å². The number of para-hydroxylation sites is 1. The summed E-state index contributed by atoms with van der Waals surface area (Å²) < 4.78 is 29.7. The first-order valence-corrected chi connectivity index (χ1v) is 8.52. The summed E-state index contributed by atoms with van der Waals surface area (Å²) in [6, 6.07) is 14.7. The van der Waals surface area contributed by atoms with Crippen LogP contribution in [0.2, 0.25) is 0 Å². The first kappa shape index (κ1) is 14.7. The summed E-state index contributed by atoms with van der Waals surface area (Å²) >= 11 is 0. The first-order valence-electron chi connectivity index (χ1n) is 7.03. The first-order chi connectivity index (χ1) is 10.4. The van der Waals surface area contributed by atoms with Crippen LogP contribution in [-0.2, 0) is 17.1 Å². The summed E-state index contributed by atoms with van der Waals surface area (Å²) in [5.41, 5.74) is 2.95. The highest BCUT2D eigenvalue weighted by Gasteiger charge is 2.19. The number of hydrogen-bond donors (Lipinski definition) is 1. The second-order valence-electron chi connectivity index (χ2n) is 5.47. The van der Waals surface area contributed by atoms with Crippen LogP contribution >= 0.6 is 0 Å². The molecule has 0 saturated heterocycles. The van der Waals surface area contributed by atoms with Crippen LogP contribution in [0.1, 0.15) is 11.1 Å². The topological polar surface area (TPSA) is 51.1 Å². The molecule has 0 aliphatic rings. The minimum absolute atomic E-state index is 0.266. The molecule has 1 N–H and O–H groups in total. The van der Waals surface area contributed by atoms with Gasteiger partial charge in [0, 0.05) is 18.0 Å². The van der Waals surface area contributed by atoms with Crippen LogP contribution in [0, 0.1) is 13.8 Å². The van der Waals surface area contributed by atoms with Crippen molar-refractivity contribution in [1.29, 1.82) is 0 Å². The molecular formula is C17H18N2O2S. The van der Waals surface area contributed by atoms with E-state index < -0.39 is 10.0 Å². The molecule has 22 heavy (non-hydrogen) atoms. The lowest BCUT2D eigenvalue weighted by Gasteiger charge is -2.10. The van der Waals surface area contributed by atoms with Crippen LogP contribution in [0.25, 0.3) is 10.9 Å². The Hall–Kier alpha value is -2.27. The van der Waals surface area contributed by atoms with Crippen molar-refractivity contribution >= 4 is 26.7 Å². The van der Waals surface area contributed by atoms with Gasteiger partial charge in [-0.25, -0.2) is 8.42 Å². The maximum atomic E-state index is 12.6. The van der Waals surface area contributed by atoms with Crippen molar-refractivity contribution in [2.45, 2.75) is 18.7 Å². The fraction of sp³-hybridized carbons (Fsp3) is 0.176. The van der Waals surface area contributed by atoms with E-state index in [1.165, 1.54) is 0 Å². The second kappa shape index (κ2) is 5.18. The van der Waals surface area contributed by atoms with E-state index in [1.807, 2.05) is 49.7 Å². The van der Waals surface area contributed by atoms with E-state index in [9.17, 15) is 8.42 Å². The standard InChI is InChI=1S/C17H18N2O2S/c1-12-8-10-14(11-9-12)22(20,21)18-17-13(2)15-6-4-5-7-16(15)19(17)3/h4-11,18H,1-3H3. The summed E-state index contributed by atoms with van der Waals surface area (Å²) in [6.45, 7) is 3.85. The van der Waals surface area contributed by atoms with Crippen LogP contribution in [0.3, 0.4) is 0 Å². The van der Waals surface area contributed by atoms with Crippen molar-refractivity contribution in [3.8, 4) is 0 Å². The van der Waals surface area contributed by atoms with Crippen molar-refractivity contribution in [1.82, 2.24) is 4.57 Å². The Morgan fingerprint density at radius 3 is 2.23 bits per heavy atom. The molecule has 4 nitrogen and oxygen atoms in total. The lowest BCUT2D eigenvalue weighted by Crippen LogP contribution is -2.15. The van der Waals surface area contributed by atoms with Crippen LogP contribution in [0.5, 0.6) is 0 Å². The van der Waals surface area contributed by atoms with E-state index >= 15 is 0 Å². The summed E-state index contributed by atoms with van der Waals surface area (Å²) in [5, 5.41) is 1.05. The molecule has 0 bridgehead atoms. The summed E-state index contributed by atoms with van der Waals surface area (Å²) in [6.07, 6.45) is 0. The third-order valence-corrected chi connectivity index (χ3v) is 5.28. The Morgan fingerprint density at radius 1 is 0.955 bits per heavy atom. The van der Waals surface area contributed by atoms with E-state index in [0.717, 1.165) is 22.0 Å². The summed E-state index contributed by atoms with van der Waals surface area (Å²) in [5.74, 6) is 0.599. The van der Waals surface area contributed by atoms with Crippen molar-refractivity contribution < 1.29 is 8.42 Å². The lowest BCUT2D eigenvalue weighted by atomic mass is 10.2. The Balaban J connectivity index is 2.08. The lowest BCUT2D eigenvalue weighted by molar-refractivity contribution is 0.600. The molecule has 0 spiro atoms. The van der Waals surface area contributed by atoms with Gasteiger partial charge in [-0.3, -0.25) is 4.72 Å². The van der Waals surface area contributed by atoms with Gasteiger partial charge >= 0.3 is 0 Å². The molecule has 0 fully saturated rings. The quantitative estimate of drug-likeness (QED) is 0.803. The normalized spacial score (nSPS) is 11.8. The van der Waals surface area contributed by atoms with Gasteiger partial charge in [-0.2, -0.15) is 0 Å². The molecule has 1 heterocycles. The Kier molecular flexibility index (Phi) is 3.45. The maximum absolute atomic E-state index is 12.6. The molecule has 5 heteroatoms. The maximum Gasteiger partial charge on any atom is 0.263 e. The van der Waals surface area contributed by atoms with E-state index in [0.29, 0.717) is 5.82 Å². The zero-order chi connectivity index (χ0) is 15.9. The molecule has 2 aromatic carbocycles. The fourth-order valence-electron chi connectivity index (χ4n) is 2.63. The van der Waals surface area contributed by atoms with Gasteiger partial charge in [0.05, 0.1) is 4.90 Å². The van der Waals surface area contributed by atoms with E-state index in [1.54, 1.807) is 24.3 Å². The molecule has 0 aliphatic heterocycles. The molecular weight excluding hydrogens is 296 g/mol. The van der Waals surface area contributed by atoms with Gasteiger partial charge in [-0.15, -0.1) is 0 Å². The number of hydrogen-bond acceptors (Lipinski definition) is 2. The van der Waals surface area contributed by atoms with Crippen molar-refractivity contribution in [3.63, 3.8) is 0 Å². The molecule has 0 aliphatic carbocycles. The third-order valence-electron chi connectivity index (χ3n) is 3.92. The molecule has 0 amide bonds. The van der Waals surface area contributed by atoms with Gasteiger partial charge in [0.15, 0.2) is 0 Å². The highest BCUT2D eigenvalue weighted by molar-refractivity contribution is 7.92. The van der Waals surface area contributed by atoms with Crippen LogP contribution in [0.15, 0.2) is 53.4 Å². The molecule has 3 aromatic rings. The average molecular weight is 314 g/mol. The Morgan fingerprint density at radius 2 is 1.59 bits per heavy atom. The number of nitrogens with one attached hydrogen (secondary N) is 1. The van der Waals surface area contributed by atoms with Gasteiger partial charge in [0.25, 0.3) is 10.0 Å². The van der Waals surface area contributed by atoms with Crippen molar-refractivity contribution in [2.24, 2.45) is 7.05 Å². The second-order valence-corrected chi connectivity index (χ2v) is 7.15. The molecule has 0 saturated carbocycles. The number of anilines is 1. The van der Waals surface area contributed by atoms with Gasteiger partial charge in [0.2, 0.25) is 0 Å². The number of aromatic nitrogens is 1. The number of nitrogens with zero attached hydrogens (tertiary/aromatic N) is 1. The van der Waals surface area contributed by atoms with E-state index in [4.69, 9.17) is 0 Å². The minimum atomic E-state index is -3.59. The number of sulfonamides is 1. The van der Waals surface area contributed by atoms with E-state index in [2.05, 4.69) is 4.72 Å². The fourth-order valence-corrected chi connectivity index (χ4v) is 3.79. The Bertz CT molecular complexity index is 900. The summed E-state index contributed by atoms with van der Waals surface area (Å²) in [4.78, 5) is 0.266. The number of benzene rings is 2. The smallest absolute Gasteiger partial charge is 0.263 e. The highest BCUT2D eigenvalue weighted by Crippen LogP contribution is 2.29. The highest BCUT2D eigenvalue weighted by atomic mass is 32.2. The number of aryl methyl sites for hydroxylation is 3. The number of rotatable bonds is 3. The van der Waals surface area contributed by atoms with Crippen molar-refractivity contribution in [2.75, 3.05) is 4.72 Å². The third kappa shape index (κ3) is 2.37. The van der Waals surface area contributed by atoms with Gasteiger partial charge in [-0.05, 0) is 37.6 Å².